The minimum absolute atomic E-state index is 0.670. The summed E-state index contributed by atoms with van der Waals surface area (Å²) < 4.78 is 6.34. The molecule has 1 aliphatic heterocycles. The maximum Gasteiger partial charge on any atom is 0.160 e. The summed E-state index contributed by atoms with van der Waals surface area (Å²) in [6.45, 7) is 5.06. The summed E-state index contributed by atoms with van der Waals surface area (Å²) >= 11 is 0. The van der Waals surface area contributed by atoms with E-state index < -0.39 is 0 Å². The van der Waals surface area contributed by atoms with Gasteiger partial charge in [-0.15, -0.1) is 0 Å². The molecule has 1 aliphatic rings. The molecular weight excluding hydrogens is 623 g/mol. The molecule has 2 aromatic heterocycles. The van der Waals surface area contributed by atoms with E-state index in [0.717, 1.165) is 90.2 Å². The van der Waals surface area contributed by atoms with Crippen LogP contribution in [0.3, 0.4) is 0 Å². The zero-order chi connectivity index (χ0) is 34.1. The second kappa shape index (κ2) is 12.9. The summed E-state index contributed by atoms with van der Waals surface area (Å²) in [6, 6.07) is 52.4. The third-order valence-electron chi connectivity index (χ3n) is 9.48. The molecule has 0 spiro atoms. The number of aromatic nitrogens is 2. The van der Waals surface area contributed by atoms with Crippen molar-refractivity contribution in [1.82, 2.24) is 9.97 Å². The van der Waals surface area contributed by atoms with Crippen molar-refractivity contribution in [2.45, 2.75) is 0 Å². The van der Waals surface area contributed by atoms with Gasteiger partial charge < -0.3 is 9.32 Å². The van der Waals surface area contributed by atoms with Crippen molar-refractivity contribution in [3.8, 4) is 45.0 Å². The third-order valence-corrected chi connectivity index (χ3v) is 9.48. The Balaban J connectivity index is 1.13. The van der Waals surface area contributed by atoms with Gasteiger partial charge in [0.25, 0.3) is 0 Å². The Morgan fingerprint density at radius 2 is 1.24 bits per heavy atom. The molecule has 0 saturated heterocycles. The number of benzene rings is 6. The van der Waals surface area contributed by atoms with Crippen molar-refractivity contribution in [2.24, 2.45) is 0 Å². The maximum atomic E-state index is 6.34. The van der Waals surface area contributed by atoms with E-state index in [9.17, 15) is 0 Å². The molecule has 0 aliphatic carbocycles. The first kappa shape index (κ1) is 30.3. The fourth-order valence-corrected chi connectivity index (χ4v) is 6.92. The second-order valence-electron chi connectivity index (χ2n) is 12.7. The number of para-hydroxylation sites is 3. The molecule has 8 aromatic rings. The molecule has 0 N–H and O–H groups in total. The number of anilines is 2. The van der Waals surface area contributed by atoms with Crippen LogP contribution in [-0.4, -0.2) is 16.5 Å². The summed E-state index contributed by atoms with van der Waals surface area (Å²) in [4.78, 5) is 12.6. The van der Waals surface area contributed by atoms with Crippen LogP contribution in [0.5, 0.6) is 0 Å². The van der Waals surface area contributed by atoms with E-state index in [1.807, 2.05) is 30.3 Å². The van der Waals surface area contributed by atoms with Gasteiger partial charge in [0, 0.05) is 56.5 Å². The Hall–Kier alpha value is -6.78. The summed E-state index contributed by atoms with van der Waals surface area (Å²) in [5.41, 5.74) is 12.9. The zero-order valence-electron chi connectivity index (χ0n) is 27.9. The highest BCUT2D eigenvalue weighted by Crippen LogP contribution is 2.38. The van der Waals surface area contributed by atoms with Crippen molar-refractivity contribution in [2.75, 3.05) is 11.4 Å². The molecule has 51 heavy (non-hydrogen) atoms. The molecule has 0 unspecified atom stereocenters. The monoisotopic (exact) mass is 655 g/mol. The van der Waals surface area contributed by atoms with E-state index in [1.54, 1.807) is 0 Å². The highest BCUT2D eigenvalue weighted by molar-refractivity contribution is 6.09. The van der Waals surface area contributed by atoms with Gasteiger partial charge in [-0.2, -0.15) is 0 Å². The van der Waals surface area contributed by atoms with Gasteiger partial charge in [0.15, 0.2) is 5.82 Å². The Morgan fingerprint density at radius 3 is 2.12 bits per heavy atom. The highest BCUT2D eigenvalue weighted by atomic mass is 16.3. The van der Waals surface area contributed by atoms with Crippen molar-refractivity contribution < 1.29 is 4.42 Å². The molecule has 0 saturated carbocycles. The molecule has 0 radical (unpaired) electrons. The van der Waals surface area contributed by atoms with E-state index in [0.29, 0.717) is 5.82 Å². The largest absolute Gasteiger partial charge is 0.455 e. The molecule has 3 heterocycles. The number of allylic oxidation sites excluding steroid dienone is 4. The van der Waals surface area contributed by atoms with E-state index in [4.69, 9.17) is 14.4 Å². The lowest BCUT2D eigenvalue weighted by molar-refractivity contribution is 0.670. The van der Waals surface area contributed by atoms with Crippen LogP contribution in [-0.2, 0) is 0 Å². The van der Waals surface area contributed by atoms with Gasteiger partial charge in [-0.05, 0) is 41.5 Å². The topological polar surface area (TPSA) is 42.2 Å². The van der Waals surface area contributed by atoms with E-state index in [2.05, 4.69) is 157 Å². The minimum atomic E-state index is 0.670. The van der Waals surface area contributed by atoms with E-state index >= 15 is 0 Å². The highest BCUT2D eigenvalue weighted by Gasteiger charge is 2.17. The number of hydrogen-bond donors (Lipinski definition) is 0. The lowest BCUT2D eigenvalue weighted by Gasteiger charge is -2.26. The van der Waals surface area contributed by atoms with Gasteiger partial charge in [-0.3, -0.25) is 0 Å². The van der Waals surface area contributed by atoms with Crippen molar-refractivity contribution in [3.05, 3.63) is 188 Å². The van der Waals surface area contributed by atoms with Crippen LogP contribution < -0.4 is 4.90 Å². The quantitative estimate of drug-likeness (QED) is 0.185. The number of fused-ring (bicyclic) bond motifs is 4. The first-order chi connectivity index (χ1) is 25.2. The molecule has 0 atom stereocenters. The van der Waals surface area contributed by atoms with Gasteiger partial charge >= 0.3 is 0 Å². The standard InChI is InChI=1S/C47H33N3O/c1-32-14-4-3-11-29-50(44-23-9-7-19-38(32)44)37-18-12-17-36(30-37)43-31-42(34-15-5-2-6-16-34)48-47(49-43)35-27-25-33(26-28-35)39-21-13-22-41-40-20-8-10-24-45(40)51-46(39)41/h2-28,30-31H,1,29H2/b11-3-,14-4-. The van der Waals surface area contributed by atoms with Gasteiger partial charge in [0.05, 0.1) is 11.4 Å². The number of rotatable bonds is 5. The third kappa shape index (κ3) is 5.73. The zero-order valence-corrected chi connectivity index (χ0v) is 27.9. The van der Waals surface area contributed by atoms with Crippen LogP contribution in [0.1, 0.15) is 5.56 Å². The number of furan rings is 1. The Morgan fingerprint density at radius 1 is 0.549 bits per heavy atom. The molecule has 4 heteroatoms. The average molecular weight is 656 g/mol. The maximum absolute atomic E-state index is 6.34. The van der Waals surface area contributed by atoms with Gasteiger partial charge in [0.2, 0.25) is 0 Å². The van der Waals surface area contributed by atoms with Crippen molar-refractivity contribution in [1.29, 1.82) is 0 Å². The summed E-state index contributed by atoms with van der Waals surface area (Å²) in [6.07, 6.45) is 8.37. The van der Waals surface area contributed by atoms with Crippen LogP contribution in [0.4, 0.5) is 11.4 Å². The van der Waals surface area contributed by atoms with Gasteiger partial charge in [-0.1, -0.05) is 152 Å². The Labute approximate surface area is 297 Å². The number of hydrogen-bond acceptors (Lipinski definition) is 4. The SMILES string of the molecule is C=C1/C=C\C=C/CN(c2cccc(-c3cc(-c4ccccc4)nc(-c4ccc(-c5cccc6c5oc5ccccc56)cc4)n3)c2)c2ccccc21. The van der Waals surface area contributed by atoms with Gasteiger partial charge in [0.1, 0.15) is 11.2 Å². The minimum Gasteiger partial charge on any atom is -0.455 e. The van der Waals surface area contributed by atoms with Crippen LogP contribution >= 0.6 is 0 Å². The van der Waals surface area contributed by atoms with Gasteiger partial charge in [-0.25, -0.2) is 9.97 Å². The van der Waals surface area contributed by atoms with E-state index in [-0.39, 0.29) is 0 Å². The summed E-state index contributed by atoms with van der Waals surface area (Å²) in [5.74, 6) is 0.670. The molecule has 0 fully saturated rings. The summed E-state index contributed by atoms with van der Waals surface area (Å²) in [7, 11) is 0. The molecule has 9 rings (SSSR count). The first-order valence-electron chi connectivity index (χ1n) is 17.1. The molecular formula is C47H33N3O. The smallest absolute Gasteiger partial charge is 0.160 e. The van der Waals surface area contributed by atoms with Crippen LogP contribution in [0.25, 0.3) is 72.5 Å². The number of nitrogens with zero attached hydrogens (tertiary/aromatic N) is 3. The molecule has 242 valence electrons. The Bertz CT molecular complexity index is 2630. The van der Waals surface area contributed by atoms with Crippen LogP contribution in [0.2, 0.25) is 0 Å². The second-order valence-corrected chi connectivity index (χ2v) is 12.7. The summed E-state index contributed by atoms with van der Waals surface area (Å²) in [5, 5.41) is 2.24. The Kier molecular flexibility index (Phi) is 7.67. The predicted octanol–water partition coefficient (Wildman–Crippen LogP) is 12.3. The van der Waals surface area contributed by atoms with Crippen LogP contribution in [0, 0.1) is 0 Å². The predicted molar refractivity (Wildman–Crippen MR) is 212 cm³/mol. The molecule has 6 aromatic carbocycles. The molecule has 0 bridgehead atoms. The normalized spacial score (nSPS) is 14.1. The van der Waals surface area contributed by atoms with Crippen molar-refractivity contribution >= 4 is 38.9 Å². The van der Waals surface area contributed by atoms with E-state index in [1.165, 1.54) is 0 Å². The molecule has 0 amide bonds. The van der Waals surface area contributed by atoms with Crippen molar-refractivity contribution in [3.63, 3.8) is 0 Å². The average Bonchev–Trinajstić information content (AvgIpc) is 3.61. The van der Waals surface area contributed by atoms with Crippen LogP contribution in [0.15, 0.2) is 187 Å². The lowest BCUT2D eigenvalue weighted by atomic mass is 10.0. The fraction of sp³-hybridized carbons (Fsp3) is 0.0213. The first-order valence-corrected chi connectivity index (χ1v) is 17.1. The lowest BCUT2D eigenvalue weighted by Crippen LogP contribution is -2.18. The fourth-order valence-electron chi connectivity index (χ4n) is 6.92. The molecule has 4 nitrogen and oxygen atoms in total.